The van der Waals surface area contributed by atoms with Crippen molar-refractivity contribution in [1.82, 2.24) is 5.01 Å². The molecular weight excluding hydrogens is 336 g/mol. The number of hydrazone groups is 1. The number of hydrogen-bond donors (Lipinski definition) is 1. The summed E-state index contributed by atoms with van der Waals surface area (Å²) in [5.41, 5.74) is 1.59. The molecule has 0 unspecified atom stereocenters. The number of rotatable bonds is 7. The monoisotopic (exact) mass is 356 g/mol. The molecule has 0 saturated heterocycles. The Kier molecular flexibility index (Phi) is 5.36. The first-order valence-electron chi connectivity index (χ1n) is 8.37. The number of carboxylic acids is 1. The summed E-state index contributed by atoms with van der Waals surface area (Å²) in [6.45, 7) is 0. The predicted octanol–water partition coefficient (Wildman–Crippen LogP) is 3.22. The highest BCUT2D eigenvalue weighted by molar-refractivity contribution is 6.01. The minimum absolute atomic E-state index is 0.0435. The Balaban J connectivity index is 1.84. The van der Waals surface area contributed by atoms with Crippen molar-refractivity contribution >= 4 is 17.6 Å². The summed E-state index contributed by atoms with van der Waals surface area (Å²) in [5.74, 6) is 0.204. The number of aliphatic carboxylic acids is 1. The molecule has 1 N–H and O–H groups in total. The minimum Gasteiger partial charge on any atom is -0.497 e. The zero-order chi connectivity index (χ0) is 18.5. The summed E-state index contributed by atoms with van der Waals surface area (Å²) in [6, 6.07) is 10.8. The fourth-order valence-corrected chi connectivity index (χ4v) is 2.95. The first-order chi connectivity index (χ1) is 12.6. The van der Waals surface area contributed by atoms with Gasteiger partial charge in [0.1, 0.15) is 17.2 Å². The second-order valence-electron chi connectivity index (χ2n) is 6.01. The summed E-state index contributed by atoms with van der Waals surface area (Å²) in [5, 5.41) is 14.7. The summed E-state index contributed by atoms with van der Waals surface area (Å²) in [7, 11) is 1.59. The van der Waals surface area contributed by atoms with Crippen molar-refractivity contribution in [3.05, 3.63) is 54.0 Å². The first-order valence-corrected chi connectivity index (χ1v) is 8.37. The van der Waals surface area contributed by atoms with Gasteiger partial charge in [-0.25, -0.2) is 5.01 Å². The molecule has 136 valence electrons. The van der Waals surface area contributed by atoms with Crippen LogP contribution in [-0.4, -0.2) is 34.8 Å². The van der Waals surface area contributed by atoms with Gasteiger partial charge in [-0.05, 0) is 36.2 Å². The smallest absolute Gasteiger partial charge is 0.303 e. The van der Waals surface area contributed by atoms with Gasteiger partial charge in [0.05, 0.1) is 19.4 Å². The third kappa shape index (κ3) is 3.93. The lowest BCUT2D eigenvalue weighted by Gasteiger charge is -2.22. The molecule has 7 nitrogen and oxygen atoms in total. The van der Waals surface area contributed by atoms with E-state index in [2.05, 4.69) is 5.10 Å². The van der Waals surface area contributed by atoms with Crippen LogP contribution in [0.2, 0.25) is 0 Å². The van der Waals surface area contributed by atoms with Gasteiger partial charge in [0.2, 0.25) is 5.91 Å². The highest BCUT2D eigenvalue weighted by Crippen LogP contribution is 2.34. The van der Waals surface area contributed by atoms with Crippen LogP contribution in [0.15, 0.2) is 52.2 Å². The van der Waals surface area contributed by atoms with Gasteiger partial charge in [0.25, 0.3) is 0 Å². The van der Waals surface area contributed by atoms with Crippen molar-refractivity contribution in [2.45, 2.75) is 31.7 Å². The van der Waals surface area contributed by atoms with E-state index in [0.717, 1.165) is 5.56 Å². The Morgan fingerprint density at radius 1 is 1.31 bits per heavy atom. The van der Waals surface area contributed by atoms with Crippen molar-refractivity contribution in [2.24, 2.45) is 5.10 Å². The highest BCUT2D eigenvalue weighted by atomic mass is 16.5. The third-order valence-electron chi connectivity index (χ3n) is 4.23. The fraction of sp³-hybridized carbons (Fsp3) is 0.316. The maximum absolute atomic E-state index is 12.6. The number of carbonyl (C=O) groups is 2. The normalized spacial score (nSPS) is 16.4. The van der Waals surface area contributed by atoms with Gasteiger partial charge in [-0.1, -0.05) is 12.1 Å². The number of ether oxygens (including phenoxy) is 1. The van der Waals surface area contributed by atoms with Crippen LogP contribution in [0.5, 0.6) is 5.75 Å². The zero-order valence-electron chi connectivity index (χ0n) is 14.4. The Morgan fingerprint density at radius 3 is 2.85 bits per heavy atom. The standard InChI is InChI=1S/C19H20N2O5/c1-25-14-6-2-5-13(11-14)16-12-15(17-7-4-10-26-17)20-21(16)18(22)8-3-9-19(23)24/h2,4-7,10-11,16H,3,8-9,12H2,1H3,(H,23,24)/t16-/m0/s1. The van der Waals surface area contributed by atoms with Gasteiger partial charge < -0.3 is 14.3 Å². The van der Waals surface area contributed by atoms with E-state index >= 15 is 0 Å². The lowest BCUT2D eigenvalue weighted by molar-refractivity contribution is -0.137. The van der Waals surface area contributed by atoms with Gasteiger partial charge in [-0.3, -0.25) is 9.59 Å². The maximum Gasteiger partial charge on any atom is 0.303 e. The average molecular weight is 356 g/mol. The lowest BCUT2D eigenvalue weighted by Crippen LogP contribution is -2.27. The van der Waals surface area contributed by atoms with Crippen molar-refractivity contribution in [1.29, 1.82) is 0 Å². The molecule has 0 radical (unpaired) electrons. The zero-order valence-corrected chi connectivity index (χ0v) is 14.4. The van der Waals surface area contributed by atoms with E-state index in [9.17, 15) is 9.59 Å². The maximum atomic E-state index is 12.6. The van der Waals surface area contributed by atoms with E-state index in [4.69, 9.17) is 14.3 Å². The molecule has 1 amide bonds. The van der Waals surface area contributed by atoms with E-state index in [1.165, 1.54) is 5.01 Å². The van der Waals surface area contributed by atoms with Gasteiger partial charge in [0.15, 0.2) is 0 Å². The van der Waals surface area contributed by atoms with Crippen LogP contribution in [0.4, 0.5) is 0 Å². The van der Waals surface area contributed by atoms with E-state index < -0.39 is 5.97 Å². The number of carboxylic acid groups (broad SMARTS) is 1. The molecule has 1 atom stereocenters. The predicted molar refractivity (Wildman–Crippen MR) is 93.9 cm³/mol. The lowest BCUT2D eigenvalue weighted by atomic mass is 10.0. The largest absolute Gasteiger partial charge is 0.497 e. The van der Waals surface area contributed by atoms with E-state index in [-0.39, 0.29) is 31.2 Å². The molecule has 1 aliphatic rings. The third-order valence-corrected chi connectivity index (χ3v) is 4.23. The molecule has 0 spiro atoms. The molecule has 26 heavy (non-hydrogen) atoms. The number of hydrogen-bond acceptors (Lipinski definition) is 5. The molecule has 1 aromatic heterocycles. The molecular formula is C19H20N2O5. The quantitative estimate of drug-likeness (QED) is 0.822. The van der Waals surface area contributed by atoms with Crippen molar-refractivity contribution in [3.63, 3.8) is 0 Å². The second kappa shape index (κ2) is 7.86. The molecule has 0 aliphatic carbocycles. The number of nitrogens with zero attached hydrogens (tertiary/aromatic N) is 2. The Hall–Kier alpha value is -3.09. The number of methoxy groups -OCH3 is 1. The van der Waals surface area contributed by atoms with Crippen LogP contribution in [0.1, 0.15) is 43.0 Å². The van der Waals surface area contributed by atoms with Crippen molar-refractivity contribution < 1.29 is 23.8 Å². The molecule has 1 aliphatic heterocycles. The van der Waals surface area contributed by atoms with E-state index in [1.807, 2.05) is 24.3 Å². The number of amides is 1. The number of furan rings is 1. The SMILES string of the molecule is COc1cccc([C@@H]2CC(c3ccco3)=NN2C(=O)CCCC(=O)O)c1. The Bertz CT molecular complexity index is 813. The minimum atomic E-state index is -0.914. The molecule has 0 saturated carbocycles. The van der Waals surface area contributed by atoms with Crippen LogP contribution < -0.4 is 4.74 Å². The number of carbonyl (C=O) groups excluding carboxylic acids is 1. The van der Waals surface area contributed by atoms with Crippen molar-refractivity contribution in [3.8, 4) is 5.75 Å². The summed E-state index contributed by atoms with van der Waals surface area (Å²) in [4.78, 5) is 23.3. The first kappa shape index (κ1) is 17.7. The molecule has 7 heteroatoms. The summed E-state index contributed by atoms with van der Waals surface area (Å²) >= 11 is 0. The second-order valence-corrected chi connectivity index (χ2v) is 6.01. The van der Waals surface area contributed by atoms with Crippen LogP contribution in [-0.2, 0) is 9.59 Å². The van der Waals surface area contributed by atoms with Crippen molar-refractivity contribution in [2.75, 3.05) is 7.11 Å². The van der Waals surface area contributed by atoms with Crippen LogP contribution in [0.25, 0.3) is 0 Å². The number of benzene rings is 1. The molecule has 0 fully saturated rings. The molecule has 0 bridgehead atoms. The van der Waals surface area contributed by atoms with Gasteiger partial charge >= 0.3 is 5.97 Å². The van der Waals surface area contributed by atoms with Gasteiger partial charge in [-0.15, -0.1) is 0 Å². The van der Waals surface area contributed by atoms with Gasteiger partial charge in [0, 0.05) is 19.3 Å². The fourth-order valence-electron chi connectivity index (χ4n) is 2.95. The molecule has 2 heterocycles. The van der Waals surface area contributed by atoms with Crippen LogP contribution in [0.3, 0.4) is 0 Å². The highest BCUT2D eigenvalue weighted by Gasteiger charge is 2.33. The molecule has 3 rings (SSSR count). The van der Waals surface area contributed by atoms with E-state index in [0.29, 0.717) is 23.6 Å². The average Bonchev–Trinajstić information content (AvgIpc) is 3.30. The van der Waals surface area contributed by atoms with Gasteiger partial charge in [-0.2, -0.15) is 5.10 Å². The topological polar surface area (TPSA) is 92.3 Å². The molecule has 1 aromatic carbocycles. The summed E-state index contributed by atoms with van der Waals surface area (Å²) in [6.07, 6.45) is 2.45. The summed E-state index contributed by atoms with van der Waals surface area (Å²) < 4.78 is 10.7. The van der Waals surface area contributed by atoms with Crippen LogP contribution in [0, 0.1) is 0 Å². The Labute approximate surface area is 150 Å². The van der Waals surface area contributed by atoms with E-state index in [1.54, 1.807) is 25.5 Å². The van der Waals surface area contributed by atoms with Crippen LogP contribution >= 0.6 is 0 Å². The molecule has 2 aromatic rings. The Morgan fingerprint density at radius 2 is 2.15 bits per heavy atom.